The van der Waals surface area contributed by atoms with Gasteiger partial charge in [-0.15, -0.1) is 0 Å². The van der Waals surface area contributed by atoms with Crippen molar-refractivity contribution in [1.29, 1.82) is 0 Å². The van der Waals surface area contributed by atoms with Gasteiger partial charge in [-0.25, -0.2) is 0 Å². The minimum Gasteiger partial charge on any atom is -0.352 e. The summed E-state index contributed by atoms with van der Waals surface area (Å²) in [6.07, 6.45) is 3.04. The summed E-state index contributed by atoms with van der Waals surface area (Å²) in [4.78, 5) is 38.6. The third-order valence-corrected chi connectivity index (χ3v) is 4.33. The van der Waals surface area contributed by atoms with Crippen molar-refractivity contribution in [3.63, 3.8) is 0 Å². The minimum absolute atomic E-state index is 0.0302. The van der Waals surface area contributed by atoms with Gasteiger partial charge in [-0.1, -0.05) is 32.4 Å². The summed E-state index contributed by atoms with van der Waals surface area (Å²) in [5.74, 6) is -0.744. The van der Waals surface area contributed by atoms with Gasteiger partial charge in [0.05, 0.1) is 17.2 Å². The Morgan fingerprint density at radius 2 is 1.96 bits per heavy atom. The molecule has 0 aromatic heterocycles. The van der Waals surface area contributed by atoms with Gasteiger partial charge in [0.2, 0.25) is 11.8 Å². The van der Waals surface area contributed by atoms with E-state index in [9.17, 15) is 14.4 Å². The lowest BCUT2D eigenvalue weighted by Gasteiger charge is -2.16. The number of hydrogen-bond acceptors (Lipinski definition) is 3. The second kappa shape index (κ2) is 9.20. The maximum Gasteiger partial charge on any atom is 0.253 e. The third-order valence-electron chi connectivity index (χ3n) is 4.33. The number of unbranched alkanes of at least 4 members (excludes halogenated alkanes) is 1. The zero-order valence-electron chi connectivity index (χ0n) is 15.0. The minimum atomic E-state index is -0.365. The lowest BCUT2D eigenvalue weighted by atomic mass is 10.1. The summed E-state index contributed by atoms with van der Waals surface area (Å²) in [5, 5.41) is 5.64. The van der Waals surface area contributed by atoms with E-state index in [0.717, 1.165) is 19.3 Å². The summed E-state index contributed by atoms with van der Waals surface area (Å²) in [7, 11) is 0. The van der Waals surface area contributed by atoms with Crippen LogP contribution < -0.4 is 10.6 Å². The molecule has 2 N–H and O–H groups in total. The molecule has 0 saturated carbocycles. The topological polar surface area (TPSA) is 78.5 Å². The van der Waals surface area contributed by atoms with Crippen LogP contribution in [0.5, 0.6) is 0 Å². The normalized spacial score (nSPS) is 16.8. The van der Waals surface area contributed by atoms with Gasteiger partial charge in [-0.3, -0.25) is 14.4 Å². The quantitative estimate of drug-likeness (QED) is 0.759. The molecule has 1 aromatic rings. The molecule has 1 saturated heterocycles. The molecule has 0 bridgehead atoms. The van der Waals surface area contributed by atoms with Gasteiger partial charge in [-0.05, 0) is 25.0 Å². The fourth-order valence-corrected chi connectivity index (χ4v) is 2.87. The number of benzene rings is 1. The second-order valence-electron chi connectivity index (χ2n) is 6.39. The van der Waals surface area contributed by atoms with Crippen molar-refractivity contribution in [2.75, 3.05) is 25.0 Å². The highest BCUT2D eigenvalue weighted by Crippen LogP contribution is 2.22. The Morgan fingerprint density at radius 3 is 2.68 bits per heavy atom. The van der Waals surface area contributed by atoms with E-state index < -0.39 is 0 Å². The first kappa shape index (κ1) is 19.0. The van der Waals surface area contributed by atoms with Crippen molar-refractivity contribution in [3.05, 3.63) is 29.8 Å². The predicted octanol–water partition coefficient (Wildman–Crippen LogP) is 2.41. The maximum atomic E-state index is 12.5. The van der Waals surface area contributed by atoms with Crippen molar-refractivity contribution in [1.82, 2.24) is 10.2 Å². The van der Waals surface area contributed by atoms with Crippen LogP contribution in [-0.2, 0) is 9.59 Å². The first-order valence-corrected chi connectivity index (χ1v) is 9.02. The van der Waals surface area contributed by atoms with E-state index in [0.29, 0.717) is 30.9 Å². The predicted molar refractivity (Wildman–Crippen MR) is 97.3 cm³/mol. The highest BCUT2D eigenvalue weighted by molar-refractivity contribution is 6.05. The lowest BCUT2D eigenvalue weighted by molar-refractivity contribution is -0.128. The number of carbonyl (C=O) groups is 3. The highest BCUT2D eigenvalue weighted by Gasteiger charge is 2.34. The number of para-hydroxylation sites is 1. The van der Waals surface area contributed by atoms with E-state index in [4.69, 9.17) is 0 Å². The van der Waals surface area contributed by atoms with Crippen molar-refractivity contribution in [3.8, 4) is 0 Å². The lowest BCUT2D eigenvalue weighted by Crippen LogP contribution is -2.30. The highest BCUT2D eigenvalue weighted by atomic mass is 16.2. The smallest absolute Gasteiger partial charge is 0.253 e. The molecule has 0 spiro atoms. The summed E-state index contributed by atoms with van der Waals surface area (Å²) in [6.45, 7) is 5.80. The molecule has 1 heterocycles. The van der Waals surface area contributed by atoms with Gasteiger partial charge in [0, 0.05) is 26.1 Å². The molecule has 2 rings (SSSR count). The number of rotatable bonds is 8. The summed E-state index contributed by atoms with van der Waals surface area (Å²) < 4.78 is 0. The number of amides is 3. The summed E-state index contributed by atoms with van der Waals surface area (Å²) in [5.41, 5.74) is 0.928. The molecule has 0 radical (unpaired) electrons. The number of nitrogens with one attached hydrogen (secondary N) is 2. The summed E-state index contributed by atoms with van der Waals surface area (Å²) >= 11 is 0. The number of nitrogens with zero attached hydrogens (tertiary/aromatic N) is 1. The Labute approximate surface area is 149 Å². The average Bonchev–Trinajstić information content (AvgIpc) is 2.99. The first-order valence-electron chi connectivity index (χ1n) is 9.02. The maximum absolute atomic E-state index is 12.5. The Bertz CT molecular complexity index is 630. The molecule has 1 aliphatic heterocycles. The molecule has 1 aromatic carbocycles. The van der Waals surface area contributed by atoms with E-state index in [1.54, 1.807) is 29.2 Å². The van der Waals surface area contributed by atoms with Gasteiger partial charge < -0.3 is 15.5 Å². The van der Waals surface area contributed by atoms with Crippen LogP contribution >= 0.6 is 0 Å². The SMILES string of the molecule is CCCCN1C[C@@H](C(=O)Nc2ccccc2C(=O)NCCC)CC1=O. The first-order chi connectivity index (χ1) is 12.1. The second-order valence-corrected chi connectivity index (χ2v) is 6.39. The van der Waals surface area contributed by atoms with Crippen LogP contribution in [-0.4, -0.2) is 42.3 Å². The monoisotopic (exact) mass is 345 g/mol. The number of anilines is 1. The zero-order chi connectivity index (χ0) is 18.2. The average molecular weight is 345 g/mol. The molecule has 1 atom stereocenters. The van der Waals surface area contributed by atoms with Crippen LogP contribution in [0.4, 0.5) is 5.69 Å². The molecule has 3 amide bonds. The van der Waals surface area contributed by atoms with Crippen molar-refractivity contribution >= 4 is 23.4 Å². The van der Waals surface area contributed by atoms with Gasteiger partial charge in [-0.2, -0.15) is 0 Å². The number of likely N-dealkylation sites (tertiary alicyclic amines) is 1. The van der Waals surface area contributed by atoms with Gasteiger partial charge in [0.15, 0.2) is 0 Å². The van der Waals surface area contributed by atoms with Crippen LogP contribution in [0.15, 0.2) is 24.3 Å². The Kier molecular flexibility index (Phi) is 6.98. The van der Waals surface area contributed by atoms with E-state index in [1.165, 1.54) is 0 Å². The van der Waals surface area contributed by atoms with E-state index in [2.05, 4.69) is 17.6 Å². The zero-order valence-corrected chi connectivity index (χ0v) is 15.0. The summed E-state index contributed by atoms with van der Waals surface area (Å²) in [6, 6.07) is 6.94. The number of carbonyl (C=O) groups excluding carboxylic acids is 3. The molecule has 0 unspecified atom stereocenters. The molecule has 25 heavy (non-hydrogen) atoms. The third kappa shape index (κ3) is 5.05. The molecular weight excluding hydrogens is 318 g/mol. The molecule has 136 valence electrons. The van der Waals surface area contributed by atoms with Crippen molar-refractivity contribution < 1.29 is 14.4 Å². The fourth-order valence-electron chi connectivity index (χ4n) is 2.87. The van der Waals surface area contributed by atoms with Crippen LogP contribution in [0.25, 0.3) is 0 Å². The van der Waals surface area contributed by atoms with Gasteiger partial charge in [0.25, 0.3) is 5.91 Å². The standard InChI is InChI=1S/C19H27N3O3/c1-3-5-11-22-13-14(12-17(22)23)18(24)21-16-9-7-6-8-15(16)19(25)20-10-4-2/h6-9,14H,3-5,10-13H2,1-2H3,(H,20,25)(H,21,24)/t14-/m0/s1. The van der Waals surface area contributed by atoms with E-state index in [-0.39, 0.29) is 30.1 Å². The van der Waals surface area contributed by atoms with Gasteiger partial charge in [0.1, 0.15) is 0 Å². The van der Waals surface area contributed by atoms with Crippen LogP contribution in [0.1, 0.15) is 49.9 Å². The van der Waals surface area contributed by atoms with Crippen LogP contribution in [0, 0.1) is 5.92 Å². The molecule has 6 nitrogen and oxygen atoms in total. The van der Waals surface area contributed by atoms with Gasteiger partial charge >= 0.3 is 0 Å². The molecule has 1 aliphatic rings. The molecule has 6 heteroatoms. The van der Waals surface area contributed by atoms with Crippen LogP contribution in [0.2, 0.25) is 0 Å². The van der Waals surface area contributed by atoms with Crippen molar-refractivity contribution in [2.24, 2.45) is 5.92 Å². The van der Waals surface area contributed by atoms with E-state index >= 15 is 0 Å². The number of hydrogen-bond donors (Lipinski definition) is 2. The molecule has 1 fully saturated rings. The van der Waals surface area contributed by atoms with E-state index in [1.807, 2.05) is 6.92 Å². The van der Waals surface area contributed by atoms with Crippen LogP contribution in [0.3, 0.4) is 0 Å². The van der Waals surface area contributed by atoms with Crippen molar-refractivity contribution in [2.45, 2.75) is 39.5 Å². The Hall–Kier alpha value is -2.37. The fraction of sp³-hybridized carbons (Fsp3) is 0.526. The Balaban J connectivity index is 2.01. The molecular formula is C19H27N3O3. The largest absolute Gasteiger partial charge is 0.352 e. The Morgan fingerprint density at radius 1 is 1.20 bits per heavy atom. The molecule has 0 aliphatic carbocycles.